The molecule has 7 rings (SSSR count). The minimum absolute atomic E-state index is 0.0471. The van der Waals surface area contributed by atoms with Gasteiger partial charge in [-0.15, -0.1) is 0 Å². The first-order chi connectivity index (χ1) is 35.5. The number of aromatic nitrogens is 5. The van der Waals surface area contributed by atoms with E-state index in [1.165, 1.54) is 50.4 Å². The molecule has 22 heteroatoms. The third-order valence-corrected chi connectivity index (χ3v) is 14.4. The summed E-state index contributed by atoms with van der Waals surface area (Å²) in [5.41, 5.74) is 4.49. The lowest BCUT2D eigenvalue weighted by Crippen LogP contribution is -2.48. The molecule has 75 heavy (non-hydrogen) atoms. The van der Waals surface area contributed by atoms with Crippen LogP contribution in [0, 0.1) is 33.5 Å². The lowest BCUT2D eigenvalue weighted by atomic mass is 10.0. The smallest absolute Gasteiger partial charge is 0.265 e. The molecule has 0 unspecified atom stereocenters. The number of amides is 5. The number of halogens is 1. The van der Waals surface area contributed by atoms with E-state index in [2.05, 4.69) is 30.6 Å². The average Bonchev–Trinajstić information content (AvgIpc) is 3.93. The second kappa shape index (κ2) is 22.7. The van der Waals surface area contributed by atoms with Crippen molar-refractivity contribution >= 4 is 96.7 Å². The van der Waals surface area contributed by atoms with Gasteiger partial charge >= 0.3 is 0 Å². The Morgan fingerprint density at radius 1 is 0.933 bits per heavy atom. The number of fused-ring (bicyclic) bond motifs is 2. The lowest BCUT2D eigenvalue weighted by molar-refractivity contribution is -0.129. The number of sulfonamides is 1. The molecule has 6 aromatic rings. The normalized spacial score (nSPS) is 13.4. The SMILES string of the molecule is CCN(CC)CCNC(=O)c1c(C)[nH]c(/C=C2\C(=O)N(C(=O)CC[C@H](NC(=O)CCC(C)=O)C(=O)N(c3ccc(C)c(S(N)(=O)=O)c3)c3nccc(N(C)c4ccc5c(C)n(C)nc5c4)n3)c3ccc(F)cc32)c1C. The van der Waals surface area contributed by atoms with Gasteiger partial charge in [0, 0.05) is 86.4 Å². The summed E-state index contributed by atoms with van der Waals surface area (Å²) in [5, 5.41) is 16.8. The zero-order chi connectivity index (χ0) is 54.6. The predicted molar refractivity (Wildman–Crippen MR) is 283 cm³/mol. The summed E-state index contributed by atoms with van der Waals surface area (Å²) < 4.78 is 42.5. The van der Waals surface area contributed by atoms with E-state index in [-0.39, 0.29) is 63.5 Å². The molecule has 4 heterocycles. The zero-order valence-corrected chi connectivity index (χ0v) is 44.2. The molecule has 3 aromatic carbocycles. The average molecular weight is 1050 g/mol. The Kier molecular flexibility index (Phi) is 16.6. The largest absolute Gasteiger partial charge is 0.358 e. The van der Waals surface area contributed by atoms with Gasteiger partial charge in [0.2, 0.25) is 27.8 Å². The molecule has 0 saturated carbocycles. The number of hydrogen-bond donors (Lipinski definition) is 4. The Hall–Kier alpha value is -7.95. The van der Waals surface area contributed by atoms with Crippen LogP contribution in [0.2, 0.25) is 0 Å². The molecule has 394 valence electrons. The molecule has 0 spiro atoms. The Balaban J connectivity index is 1.23. The van der Waals surface area contributed by atoms with Crippen molar-refractivity contribution in [3.8, 4) is 0 Å². The monoisotopic (exact) mass is 1040 g/mol. The van der Waals surface area contributed by atoms with Crippen LogP contribution in [0.3, 0.4) is 0 Å². The van der Waals surface area contributed by atoms with E-state index in [1.54, 1.807) is 36.5 Å². The maximum Gasteiger partial charge on any atom is 0.265 e. The number of nitrogens with two attached hydrogens (primary N) is 1. The number of aryl methyl sites for hydroxylation is 4. The summed E-state index contributed by atoms with van der Waals surface area (Å²) in [5.74, 6) is -4.54. The van der Waals surface area contributed by atoms with Crippen molar-refractivity contribution < 1.29 is 41.6 Å². The highest BCUT2D eigenvalue weighted by atomic mass is 32.2. The van der Waals surface area contributed by atoms with Crippen molar-refractivity contribution in [1.82, 2.24) is 40.3 Å². The molecule has 5 N–H and O–H groups in total. The van der Waals surface area contributed by atoms with Crippen LogP contribution >= 0.6 is 0 Å². The van der Waals surface area contributed by atoms with E-state index >= 15 is 9.18 Å². The summed E-state index contributed by atoms with van der Waals surface area (Å²) in [4.78, 5) is 101. The number of hydrogen-bond acceptors (Lipinski definition) is 13. The minimum atomic E-state index is -4.36. The van der Waals surface area contributed by atoms with Gasteiger partial charge in [0.25, 0.3) is 17.7 Å². The number of benzene rings is 3. The van der Waals surface area contributed by atoms with E-state index < -0.39 is 58.4 Å². The number of anilines is 5. The van der Waals surface area contributed by atoms with Gasteiger partial charge in [0.15, 0.2) is 0 Å². The van der Waals surface area contributed by atoms with Gasteiger partial charge in [0.05, 0.1) is 32.9 Å². The standard InChI is InChI=1S/C53H61FN12O8S/c1-10-64(11-2)25-24-56-50(70)49-32(5)42(58-33(49)6)29-40-39-26-35(54)14-19-44(39)66(51(40)71)48(69)21-18-41(59-47(68)20-13-31(4)67)52(72)65(37-15-12-30(3)45(28-37)75(55,73)74)53-57-23-22-46(60-53)62(8)36-16-17-38-34(7)63(9)61-43(38)27-36/h12,14-17,19,22-23,26-29,41,58H,10-11,13,18,20-21,24-25H2,1-9H3,(H,56,70)(H,59,68)(H2,55,73,74)/b40-29-/t41-/m0/s1. The molecule has 0 fully saturated rings. The molecule has 3 aromatic heterocycles. The number of ketones is 1. The summed E-state index contributed by atoms with van der Waals surface area (Å²) in [7, 11) is -0.783. The van der Waals surface area contributed by atoms with Crippen LogP contribution in [0.25, 0.3) is 22.6 Å². The molecule has 0 bridgehead atoms. The number of rotatable bonds is 20. The van der Waals surface area contributed by atoms with Gasteiger partial charge < -0.3 is 30.2 Å². The Bertz CT molecular complexity index is 3400. The van der Waals surface area contributed by atoms with Gasteiger partial charge in [-0.2, -0.15) is 10.1 Å². The Labute approximate surface area is 434 Å². The van der Waals surface area contributed by atoms with Crippen LogP contribution < -0.4 is 30.5 Å². The summed E-state index contributed by atoms with van der Waals surface area (Å²) >= 11 is 0. The third-order valence-electron chi connectivity index (χ3n) is 13.4. The van der Waals surface area contributed by atoms with Crippen LogP contribution in [0.1, 0.15) is 90.6 Å². The minimum Gasteiger partial charge on any atom is -0.358 e. The number of nitrogens with zero attached hydrogens (tertiary/aromatic N) is 8. The van der Waals surface area contributed by atoms with Crippen LogP contribution in [-0.2, 0) is 41.0 Å². The van der Waals surface area contributed by atoms with Crippen molar-refractivity contribution in [2.45, 2.75) is 85.1 Å². The van der Waals surface area contributed by atoms with Crippen molar-refractivity contribution in [3.05, 3.63) is 112 Å². The van der Waals surface area contributed by atoms with Gasteiger partial charge in [0.1, 0.15) is 23.5 Å². The number of carbonyl (C=O) groups is 6. The van der Waals surface area contributed by atoms with Crippen LogP contribution in [0.15, 0.2) is 71.8 Å². The molecule has 5 amide bonds. The molecular weight excluding hydrogens is 984 g/mol. The maximum atomic E-state index is 15.3. The topological polar surface area (TPSA) is 259 Å². The van der Waals surface area contributed by atoms with Crippen LogP contribution in [-0.4, -0.2) is 113 Å². The van der Waals surface area contributed by atoms with E-state index in [9.17, 15) is 32.4 Å². The van der Waals surface area contributed by atoms with Gasteiger partial charge in [-0.05, 0) is 126 Å². The highest BCUT2D eigenvalue weighted by Gasteiger charge is 2.39. The first-order valence-electron chi connectivity index (χ1n) is 24.4. The molecule has 0 saturated heterocycles. The molecule has 20 nitrogen and oxygen atoms in total. The molecule has 0 aliphatic carbocycles. The van der Waals surface area contributed by atoms with Crippen molar-refractivity contribution in [1.29, 1.82) is 0 Å². The zero-order valence-electron chi connectivity index (χ0n) is 43.4. The van der Waals surface area contributed by atoms with Crippen LogP contribution in [0.4, 0.5) is 33.2 Å². The van der Waals surface area contributed by atoms with E-state index in [1.807, 2.05) is 46.0 Å². The number of H-pyrrole nitrogens is 1. The lowest BCUT2D eigenvalue weighted by Gasteiger charge is -2.28. The van der Waals surface area contributed by atoms with Gasteiger partial charge in [-0.25, -0.2) is 32.7 Å². The fourth-order valence-corrected chi connectivity index (χ4v) is 9.83. The van der Waals surface area contributed by atoms with Crippen LogP contribution in [0.5, 0.6) is 0 Å². The number of Topliss-reactive ketones (excluding diaryl/α,β-unsaturated/α-hetero) is 1. The molecule has 1 aliphatic heterocycles. The quantitative estimate of drug-likeness (QED) is 0.0644. The summed E-state index contributed by atoms with van der Waals surface area (Å²) in [6.45, 7) is 15.0. The Morgan fingerprint density at radius 2 is 1.65 bits per heavy atom. The first kappa shape index (κ1) is 54.8. The number of primary sulfonamides is 1. The molecular formula is C53H61FN12O8S. The Morgan fingerprint density at radius 3 is 2.35 bits per heavy atom. The molecule has 0 radical (unpaired) electrons. The van der Waals surface area contributed by atoms with E-state index in [4.69, 9.17) is 10.1 Å². The summed E-state index contributed by atoms with van der Waals surface area (Å²) in [6.07, 6.45) is 1.36. The van der Waals surface area contributed by atoms with E-state index in [0.717, 1.165) is 51.6 Å². The van der Waals surface area contributed by atoms with Crippen molar-refractivity contribution in [3.63, 3.8) is 0 Å². The number of nitrogens with one attached hydrogen (secondary N) is 3. The van der Waals surface area contributed by atoms with E-state index in [0.29, 0.717) is 47.1 Å². The highest BCUT2D eigenvalue weighted by Crippen LogP contribution is 2.40. The van der Waals surface area contributed by atoms with Gasteiger partial charge in [-0.1, -0.05) is 19.9 Å². The number of imide groups is 1. The summed E-state index contributed by atoms with van der Waals surface area (Å²) in [6, 6.07) is 13.2. The predicted octanol–water partition coefficient (Wildman–Crippen LogP) is 5.96. The number of aromatic amines is 1. The highest BCUT2D eigenvalue weighted by molar-refractivity contribution is 7.89. The fraction of sp³-hybridized carbons (Fsp3) is 0.340. The molecule has 1 atom stereocenters. The second-order valence-electron chi connectivity index (χ2n) is 18.4. The fourth-order valence-electron chi connectivity index (χ4n) is 9.03. The van der Waals surface area contributed by atoms with Gasteiger partial charge in [-0.3, -0.25) is 28.7 Å². The molecule has 1 aliphatic rings. The second-order valence-corrected chi connectivity index (χ2v) is 19.9. The third kappa shape index (κ3) is 11.9. The number of likely N-dealkylation sites (N-methyl/N-ethyl adjacent to an activating group) is 1. The van der Waals surface area contributed by atoms with Crippen molar-refractivity contribution in [2.24, 2.45) is 12.2 Å². The van der Waals surface area contributed by atoms with Crippen molar-refractivity contribution in [2.75, 3.05) is 47.9 Å². The number of carbonyl (C=O) groups excluding carboxylic acids is 6. The maximum absolute atomic E-state index is 15.3. The first-order valence-corrected chi connectivity index (χ1v) is 25.9.